The lowest BCUT2D eigenvalue weighted by atomic mass is 10.1. The summed E-state index contributed by atoms with van der Waals surface area (Å²) >= 11 is 0. The minimum atomic E-state index is 0.501. The topological polar surface area (TPSA) is 114 Å². The maximum absolute atomic E-state index is 6.45. The van der Waals surface area contributed by atoms with Crippen molar-refractivity contribution in [3.63, 3.8) is 0 Å². The van der Waals surface area contributed by atoms with E-state index in [2.05, 4.69) is 94.1 Å². The second-order valence-electron chi connectivity index (χ2n) is 17.0. The number of hydrogen-bond acceptors (Lipinski definition) is 8. The number of fused-ring (bicyclic) bond motifs is 11. The van der Waals surface area contributed by atoms with Crippen LogP contribution in [0.15, 0.2) is 212 Å². The van der Waals surface area contributed by atoms with E-state index in [1.165, 1.54) is 0 Å². The molecule has 0 atom stereocenters. The van der Waals surface area contributed by atoms with Crippen molar-refractivity contribution in [3.05, 3.63) is 194 Å². The zero-order valence-corrected chi connectivity index (χ0v) is 35.8. The smallest absolute Gasteiger partial charge is 0.227 e. The predicted octanol–water partition coefficient (Wildman–Crippen LogP) is 15.1. The van der Waals surface area contributed by atoms with Crippen LogP contribution in [0.5, 0.6) is 0 Å². The molecule has 0 aliphatic rings. The zero-order valence-electron chi connectivity index (χ0n) is 35.8. The number of nitrogens with zero attached hydrogens (tertiary/aromatic N) is 6. The Morgan fingerprint density at radius 1 is 0.294 bits per heavy atom. The van der Waals surface area contributed by atoms with Crippen LogP contribution in [-0.4, -0.2) is 29.1 Å². The summed E-state index contributed by atoms with van der Waals surface area (Å²) < 4.78 is 30.4. The Labute approximate surface area is 384 Å². The molecule has 0 bridgehead atoms. The molecular formula is C58H32N6O4. The van der Waals surface area contributed by atoms with E-state index < -0.39 is 0 Å². The fourth-order valence-corrected chi connectivity index (χ4v) is 10.0. The molecule has 15 rings (SSSR count). The van der Waals surface area contributed by atoms with Gasteiger partial charge in [-0.25, -0.2) is 19.9 Å². The van der Waals surface area contributed by atoms with E-state index in [0.717, 1.165) is 99.3 Å². The van der Waals surface area contributed by atoms with Crippen LogP contribution in [0.25, 0.3) is 145 Å². The number of oxazole rings is 4. The van der Waals surface area contributed by atoms with Gasteiger partial charge < -0.3 is 26.8 Å². The summed E-state index contributed by atoms with van der Waals surface area (Å²) in [6, 6.07) is 65.6. The van der Waals surface area contributed by atoms with E-state index in [-0.39, 0.29) is 0 Å². The van der Waals surface area contributed by atoms with Crippen molar-refractivity contribution in [1.29, 1.82) is 0 Å². The third-order valence-corrected chi connectivity index (χ3v) is 13.0. The Kier molecular flexibility index (Phi) is 7.56. The van der Waals surface area contributed by atoms with Crippen molar-refractivity contribution in [3.8, 4) is 57.2 Å². The van der Waals surface area contributed by atoms with Crippen LogP contribution in [-0.2, 0) is 0 Å². The predicted molar refractivity (Wildman–Crippen MR) is 267 cm³/mol. The fraction of sp³-hybridized carbons (Fsp3) is 0. The van der Waals surface area contributed by atoms with Crippen LogP contribution in [0.4, 0.5) is 0 Å². The van der Waals surface area contributed by atoms with Gasteiger partial charge in [0, 0.05) is 55.2 Å². The maximum Gasteiger partial charge on any atom is 0.227 e. The highest BCUT2D eigenvalue weighted by molar-refractivity contribution is 6.26. The largest absolute Gasteiger partial charge is 0.436 e. The van der Waals surface area contributed by atoms with Crippen molar-refractivity contribution >= 4 is 88.0 Å². The van der Waals surface area contributed by atoms with Gasteiger partial charge in [-0.05, 0) is 103 Å². The van der Waals surface area contributed by atoms with E-state index in [0.29, 0.717) is 45.9 Å². The highest BCUT2D eigenvalue weighted by atomic mass is 16.4. The lowest BCUT2D eigenvalue weighted by molar-refractivity contribution is 0.616. The van der Waals surface area contributed by atoms with Gasteiger partial charge in [-0.3, -0.25) is 0 Å². The summed E-state index contributed by atoms with van der Waals surface area (Å²) in [6.45, 7) is 0. The van der Waals surface area contributed by atoms with Crippen molar-refractivity contribution in [2.45, 2.75) is 0 Å². The zero-order chi connectivity index (χ0) is 44.5. The highest BCUT2D eigenvalue weighted by Gasteiger charge is 2.24. The van der Waals surface area contributed by atoms with Crippen LogP contribution in [0.1, 0.15) is 0 Å². The lowest BCUT2D eigenvalue weighted by Gasteiger charge is -2.13. The number of para-hydroxylation sites is 10. The van der Waals surface area contributed by atoms with Gasteiger partial charge in [0.15, 0.2) is 22.3 Å². The quantitative estimate of drug-likeness (QED) is 0.162. The lowest BCUT2D eigenvalue weighted by Crippen LogP contribution is -1.98. The van der Waals surface area contributed by atoms with Crippen LogP contribution in [0.3, 0.4) is 0 Å². The van der Waals surface area contributed by atoms with E-state index in [1.54, 1.807) is 0 Å². The molecule has 10 heteroatoms. The third kappa shape index (κ3) is 5.51. The van der Waals surface area contributed by atoms with Crippen molar-refractivity contribution in [2.24, 2.45) is 0 Å². The molecule has 68 heavy (non-hydrogen) atoms. The molecule has 9 aromatic carbocycles. The van der Waals surface area contributed by atoms with Gasteiger partial charge in [-0.15, -0.1) is 0 Å². The first kappa shape index (κ1) is 36.8. The monoisotopic (exact) mass is 876 g/mol. The summed E-state index contributed by atoms with van der Waals surface area (Å²) in [5.74, 6) is 2.01. The Morgan fingerprint density at radius 2 is 0.662 bits per heavy atom. The SMILES string of the molecule is c1ccc2oc(-c3cc(-c4nc5ccccc5o4)cc(-n4c5ccccc5c5c4ccc4c6ccccc6n(-c6cc(-c7nc8ccccc8o7)cc(-c7nc8ccccc8o7)c6)c45)c3)nc2c1. The third-order valence-electron chi connectivity index (χ3n) is 13.0. The van der Waals surface area contributed by atoms with Gasteiger partial charge >= 0.3 is 0 Å². The molecule has 0 saturated heterocycles. The first-order valence-electron chi connectivity index (χ1n) is 22.4. The Morgan fingerprint density at radius 3 is 1.10 bits per heavy atom. The summed E-state index contributed by atoms with van der Waals surface area (Å²) in [6.07, 6.45) is 0. The van der Waals surface area contributed by atoms with E-state index in [4.69, 9.17) is 37.6 Å². The fourth-order valence-electron chi connectivity index (χ4n) is 10.0. The molecule has 0 amide bonds. The number of rotatable bonds is 6. The van der Waals surface area contributed by atoms with Gasteiger partial charge in [0.05, 0.1) is 22.1 Å². The number of hydrogen-bond donors (Lipinski definition) is 0. The van der Waals surface area contributed by atoms with Crippen molar-refractivity contribution in [2.75, 3.05) is 0 Å². The molecule has 6 aromatic heterocycles. The van der Waals surface area contributed by atoms with Crippen LogP contribution in [0, 0.1) is 0 Å². The minimum Gasteiger partial charge on any atom is -0.436 e. The average molecular weight is 877 g/mol. The molecule has 0 unspecified atom stereocenters. The molecular weight excluding hydrogens is 845 g/mol. The van der Waals surface area contributed by atoms with Gasteiger partial charge in [0.25, 0.3) is 0 Å². The maximum atomic E-state index is 6.45. The molecule has 0 radical (unpaired) electrons. The molecule has 15 aromatic rings. The summed E-state index contributed by atoms with van der Waals surface area (Å²) in [5, 5.41) is 4.40. The molecule has 0 aliphatic heterocycles. The minimum absolute atomic E-state index is 0.501. The molecule has 318 valence electrons. The Balaban J connectivity index is 1.02. The van der Waals surface area contributed by atoms with Gasteiger partial charge in [-0.2, -0.15) is 0 Å². The highest BCUT2D eigenvalue weighted by Crippen LogP contribution is 2.44. The molecule has 0 N–H and O–H groups in total. The van der Waals surface area contributed by atoms with Crippen molar-refractivity contribution < 1.29 is 17.7 Å². The van der Waals surface area contributed by atoms with Crippen LogP contribution in [0.2, 0.25) is 0 Å². The van der Waals surface area contributed by atoms with Crippen molar-refractivity contribution in [1.82, 2.24) is 29.1 Å². The van der Waals surface area contributed by atoms with Gasteiger partial charge in [-0.1, -0.05) is 91.0 Å². The second kappa shape index (κ2) is 14.0. The first-order valence-corrected chi connectivity index (χ1v) is 22.4. The summed E-state index contributed by atoms with van der Waals surface area (Å²) in [4.78, 5) is 19.8. The molecule has 0 spiro atoms. The standard InChI is InChI=1S/C58H32N6O4/c1-7-19-46-39(13-1)40-25-26-48-53(54(40)64(46)38-31-35(57-61-44-17-5-11-23-51(44)67-57)28-36(32-38)58-62-45-18-6-12-24-52(45)68-58)41-14-2-8-20-47(41)63(48)37-29-33(55-59-42-15-3-9-21-49(42)65-55)27-34(30-37)56-60-43-16-4-10-22-50(43)66-56/h1-32H. The molecule has 10 nitrogen and oxygen atoms in total. The average Bonchev–Trinajstić information content (AvgIpc) is 4.26. The van der Waals surface area contributed by atoms with Gasteiger partial charge in [0.1, 0.15) is 22.1 Å². The Hall–Kier alpha value is -9.54. The molecule has 0 aliphatic carbocycles. The van der Waals surface area contributed by atoms with Crippen LogP contribution >= 0.6 is 0 Å². The van der Waals surface area contributed by atoms with E-state index in [1.807, 2.05) is 109 Å². The van der Waals surface area contributed by atoms with Gasteiger partial charge in [0.2, 0.25) is 23.6 Å². The summed E-state index contributed by atoms with van der Waals surface area (Å²) in [7, 11) is 0. The Bertz CT molecular complexity index is 4220. The van der Waals surface area contributed by atoms with E-state index >= 15 is 0 Å². The summed E-state index contributed by atoms with van der Waals surface area (Å²) in [5.41, 5.74) is 15.0. The molecule has 0 saturated carbocycles. The second-order valence-corrected chi connectivity index (χ2v) is 17.0. The van der Waals surface area contributed by atoms with Crippen LogP contribution < -0.4 is 0 Å². The first-order chi connectivity index (χ1) is 33.6. The normalized spacial score (nSPS) is 12.1. The number of aromatic nitrogens is 6. The molecule has 0 fully saturated rings. The van der Waals surface area contributed by atoms with E-state index in [9.17, 15) is 0 Å². The number of benzene rings is 9. The molecule has 6 heterocycles.